The Morgan fingerprint density at radius 2 is 2.04 bits per heavy atom. The number of pyridine rings is 1. The number of nitro benzene ring substituents is 1. The standard InChI is InChI=1S/C15H18Cl2N4O2/c1-20(2)10(8-18)5-3-9-4-6-11-12(16)7-13(17)15(21(22)23)14(11)19-9/h4,6-7,10H,3,5,8,18H2,1-2H3. The van der Waals surface area contributed by atoms with Crippen molar-refractivity contribution in [1.29, 1.82) is 0 Å². The Hall–Kier alpha value is -1.47. The number of nitrogens with zero attached hydrogens (tertiary/aromatic N) is 3. The summed E-state index contributed by atoms with van der Waals surface area (Å²) in [4.78, 5) is 17.2. The van der Waals surface area contributed by atoms with E-state index < -0.39 is 4.92 Å². The summed E-state index contributed by atoms with van der Waals surface area (Å²) in [5.74, 6) is 0. The van der Waals surface area contributed by atoms with Crippen LogP contribution in [0.5, 0.6) is 0 Å². The first-order valence-electron chi connectivity index (χ1n) is 7.13. The molecule has 1 aromatic carbocycles. The van der Waals surface area contributed by atoms with Crippen molar-refractivity contribution in [3.63, 3.8) is 0 Å². The summed E-state index contributed by atoms with van der Waals surface area (Å²) in [5.41, 5.74) is 6.50. The number of aromatic nitrogens is 1. The van der Waals surface area contributed by atoms with Crippen molar-refractivity contribution in [1.82, 2.24) is 9.88 Å². The molecule has 1 unspecified atom stereocenters. The Kier molecular flexibility index (Phi) is 5.75. The first-order chi connectivity index (χ1) is 10.8. The van der Waals surface area contributed by atoms with Gasteiger partial charge < -0.3 is 10.6 Å². The molecule has 6 nitrogen and oxygen atoms in total. The topological polar surface area (TPSA) is 85.3 Å². The predicted molar refractivity (Wildman–Crippen MR) is 93.3 cm³/mol. The summed E-state index contributed by atoms with van der Waals surface area (Å²) in [7, 11) is 3.94. The van der Waals surface area contributed by atoms with Gasteiger partial charge in [0.15, 0.2) is 5.52 Å². The van der Waals surface area contributed by atoms with Crippen LogP contribution in [0.15, 0.2) is 18.2 Å². The molecule has 0 radical (unpaired) electrons. The van der Waals surface area contributed by atoms with Crippen molar-refractivity contribution in [3.8, 4) is 0 Å². The van der Waals surface area contributed by atoms with Gasteiger partial charge in [0.1, 0.15) is 5.02 Å². The quantitative estimate of drug-likeness (QED) is 0.633. The highest BCUT2D eigenvalue weighted by Crippen LogP contribution is 2.36. The Bertz CT molecular complexity index is 737. The van der Waals surface area contributed by atoms with E-state index in [1.807, 2.05) is 20.2 Å². The molecular weight excluding hydrogens is 339 g/mol. The summed E-state index contributed by atoms with van der Waals surface area (Å²) < 4.78 is 0. The average Bonchev–Trinajstić information content (AvgIpc) is 2.46. The summed E-state index contributed by atoms with van der Waals surface area (Å²) in [6.45, 7) is 0.540. The van der Waals surface area contributed by atoms with Gasteiger partial charge in [-0.3, -0.25) is 10.1 Å². The van der Waals surface area contributed by atoms with Gasteiger partial charge in [-0.25, -0.2) is 4.98 Å². The number of hydrogen-bond acceptors (Lipinski definition) is 5. The number of nitro groups is 1. The molecule has 2 aromatic rings. The molecule has 2 N–H and O–H groups in total. The fourth-order valence-corrected chi connectivity index (χ4v) is 3.04. The Morgan fingerprint density at radius 3 is 2.61 bits per heavy atom. The van der Waals surface area contributed by atoms with Crippen molar-refractivity contribution in [2.45, 2.75) is 18.9 Å². The van der Waals surface area contributed by atoms with Crippen molar-refractivity contribution in [3.05, 3.63) is 44.1 Å². The van der Waals surface area contributed by atoms with Gasteiger partial charge in [0.05, 0.1) is 9.95 Å². The van der Waals surface area contributed by atoms with Crippen LogP contribution in [-0.2, 0) is 6.42 Å². The van der Waals surface area contributed by atoms with Gasteiger partial charge in [-0.15, -0.1) is 0 Å². The number of nitrogens with two attached hydrogens (primary N) is 1. The number of benzene rings is 1. The van der Waals surface area contributed by atoms with Crippen LogP contribution in [0.1, 0.15) is 12.1 Å². The third-order valence-electron chi connectivity index (χ3n) is 3.83. The lowest BCUT2D eigenvalue weighted by Crippen LogP contribution is -2.35. The molecule has 0 aliphatic carbocycles. The highest BCUT2D eigenvalue weighted by molar-refractivity contribution is 6.40. The second-order valence-electron chi connectivity index (χ2n) is 5.54. The summed E-state index contributed by atoms with van der Waals surface area (Å²) in [6.07, 6.45) is 1.47. The van der Waals surface area contributed by atoms with E-state index >= 15 is 0 Å². The molecular formula is C15H18Cl2N4O2. The third-order valence-corrected chi connectivity index (χ3v) is 4.43. The Labute approximate surface area is 144 Å². The lowest BCUT2D eigenvalue weighted by Gasteiger charge is -2.22. The van der Waals surface area contributed by atoms with Gasteiger partial charge in [-0.2, -0.15) is 0 Å². The number of fused-ring (bicyclic) bond motifs is 1. The molecule has 1 aromatic heterocycles. The van der Waals surface area contributed by atoms with E-state index in [4.69, 9.17) is 28.9 Å². The zero-order valence-corrected chi connectivity index (χ0v) is 14.4. The van der Waals surface area contributed by atoms with Crippen LogP contribution in [0.3, 0.4) is 0 Å². The zero-order chi connectivity index (χ0) is 17.1. The lowest BCUT2D eigenvalue weighted by atomic mass is 10.1. The smallest absolute Gasteiger partial charge is 0.313 e. The zero-order valence-electron chi connectivity index (χ0n) is 12.9. The molecule has 1 atom stereocenters. The van der Waals surface area contributed by atoms with E-state index in [1.165, 1.54) is 6.07 Å². The van der Waals surface area contributed by atoms with E-state index in [0.29, 0.717) is 23.4 Å². The molecule has 2 rings (SSSR count). The van der Waals surface area contributed by atoms with Gasteiger partial charge in [0.25, 0.3) is 0 Å². The highest BCUT2D eigenvalue weighted by Gasteiger charge is 2.21. The third kappa shape index (κ3) is 3.90. The molecule has 23 heavy (non-hydrogen) atoms. The van der Waals surface area contributed by atoms with Gasteiger partial charge in [0.2, 0.25) is 0 Å². The van der Waals surface area contributed by atoms with E-state index in [2.05, 4.69) is 9.88 Å². The normalized spacial score (nSPS) is 12.8. The van der Waals surface area contributed by atoms with Crippen molar-refractivity contribution < 1.29 is 4.92 Å². The molecule has 0 saturated carbocycles. The fourth-order valence-electron chi connectivity index (χ4n) is 2.46. The maximum atomic E-state index is 11.3. The van der Waals surface area contributed by atoms with Gasteiger partial charge in [0, 0.05) is 23.7 Å². The van der Waals surface area contributed by atoms with Gasteiger partial charge in [-0.1, -0.05) is 23.2 Å². The van der Waals surface area contributed by atoms with Gasteiger partial charge in [-0.05, 0) is 45.1 Å². The van der Waals surface area contributed by atoms with E-state index in [-0.39, 0.29) is 22.3 Å². The molecule has 0 aliphatic rings. The molecule has 0 bridgehead atoms. The van der Waals surface area contributed by atoms with Crippen LogP contribution in [-0.4, -0.2) is 41.5 Å². The molecule has 1 heterocycles. The van der Waals surface area contributed by atoms with Crippen LogP contribution < -0.4 is 5.73 Å². The van der Waals surface area contributed by atoms with Crippen molar-refractivity contribution >= 4 is 39.8 Å². The summed E-state index contributed by atoms with van der Waals surface area (Å²) >= 11 is 12.1. The average molecular weight is 357 g/mol. The number of likely N-dealkylation sites (N-methyl/N-ethyl adjacent to an activating group) is 1. The van der Waals surface area contributed by atoms with Crippen LogP contribution in [0.4, 0.5) is 5.69 Å². The number of halogens is 2. The molecule has 0 amide bonds. The number of aryl methyl sites for hydroxylation is 1. The second-order valence-corrected chi connectivity index (χ2v) is 6.35. The second kappa shape index (κ2) is 7.40. The molecule has 124 valence electrons. The predicted octanol–water partition coefficient (Wildman–Crippen LogP) is 3.27. The first-order valence-corrected chi connectivity index (χ1v) is 7.89. The Morgan fingerprint density at radius 1 is 1.35 bits per heavy atom. The van der Waals surface area contributed by atoms with E-state index in [9.17, 15) is 10.1 Å². The van der Waals surface area contributed by atoms with Crippen LogP contribution >= 0.6 is 23.2 Å². The molecule has 0 spiro atoms. The van der Waals surface area contributed by atoms with Gasteiger partial charge >= 0.3 is 5.69 Å². The number of rotatable bonds is 6. The minimum Gasteiger partial charge on any atom is -0.329 e. The maximum Gasteiger partial charge on any atom is 0.313 e. The number of hydrogen-bond donors (Lipinski definition) is 1. The maximum absolute atomic E-state index is 11.3. The minimum absolute atomic E-state index is 0.00900. The monoisotopic (exact) mass is 356 g/mol. The van der Waals surface area contributed by atoms with E-state index in [1.54, 1.807) is 6.07 Å². The molecule has 0 fully saturated rings. The molecule has 0 aliphatic heterocycles. The van der Waals surface area contributed by atoms with Crippen molar-refractivity contribution in [2.75, 3.05) is 20.6 Å². The lowest BCUT2D eigenvalue weighted by molar-refractivity contribution is -0.383. The van der Waals surface area contributed by atoms with Crippen molar-refractivity contribution in [2.24, 2.45) is 5.73 Å². The molecule has 8 heteroatoms. The molecule has 0 saturated heterocycles. The first kappa shape index (κ1) is 17.9. The van der Waals surface area contributed by atoms with Crippen LogP contribution in [0.2, 0.25) is 10.0 Å². The fraction of sp³-hybridized carbons (Fsp3) is 0.400. The van der Waals surface area contributed by atoms with Crippen LogP contribution in [0.25, 0.3) is 10.9 Å². The Balaban J connectivity index is 2.41. The largest absolute Gasteiger partial charge is 0.329 e. The summed E-state index contributed by atoms with van der Waals surface area (Å²) in [6, 6.07) is 5.18. The SMILES string of the molecule is CN(C)C(CN)CCc1ccc2c(Cl)cc(Cl)c([N+](=O)[O-])c2n1. The highest BCUT2D eigenvalue weighted by atomic mass is 35.5. The van der Waals surface area contributed by atoms with Crippen LogP contribution in [0, 0.1) is 10.1 Å². The minimum atomic E-state index is -0.527. The summed E-state index contributed by atoms with van der Waals surface area (Å²) in [5, 5.41) is 12.1. The van der Waals surface area contributed by atoms with E-state index in [0.717, 1.165) is 12.1 Å².